The van der Waals surface area contributed by atoms with Gasteiger partial charge in [-0.2, -0.15) is 0 Å². The first-order valence-electron chi connectivity index (χ1n) is 4.70. The predicted octanol–water partition coefficient (Wildman–Crippen LogP) is 1.68. The lowest BCUT2D eigenvalue weighted by molar-refractivity contribution is 0.861. The predicted molar refractivity (Wildman–Crippen MR) is 56.5 cm³/mol. The minimum Gasteiger partial charge on any atom is -0.0657 e. The number of hydrogen-bond donors (Lipinski definition) is 0. The Morgan fingerprint density at radius 3 is 1.40 bits per heavy atom. The minimum absolute atomic E-state index is 0.416. The third-order valence-electron chi connectivity index (χ3n) is 2.55. The van der Waals surface area contributed by atoms with Crippen molar-refractivity contribution in [3.63, 3.8) is 0 Å². The molecule has 0 bridgehead atoms. The first kappa shape index (κ1) is 10.4. The Balaban J connectivity index is 3.17. The van der Waals surface area contributed by atoms with Crippen LogP contribution in [0.3, 0.4) is 0 Å². The van der Waals surface area contributed by atoms with Gasteiger partial charge in [0.15, 0.2) is 0 Å². The van der Waals surface area contributed by atoms with Gasteiger partial charge in [-0.1, -0.05) is 51.6 Å². The van der Waals surface area contributed by atoms with E-state index in [2.05, 4.69) is 27.7 Å². The van der Waals surface area contributed by atoms with Crippen molar-refractivity contribution in [1.82, 2.24) is 0 Å². The van der Waals surface area contributed by atoms with E-state index in [1.165, 1.54) is 12.8 Å². The Labute approximate surface area is 70.2 Å². The normalized spacial score (nSPS) is 19.2. The van der Waals surface area contributed by atoms with Crippen molar-refractivity contribution in [2.45, 2.75) is 51.6 Å². The van der Waals surface area contributed by atoms with Gasteiger partial charge in [0.2, 0.25) is 0 Å². The van der Waals surface area contributed by atoms with Crippen LogP contribution < -0.4 is 0 Å². The molecule has 0 saturated carbocycles. The summed E-state index contributed by atoms with van der Waals surface area (Å²) in [5, 5.41) is 0. The molecule has 0 fully saturated rings. The SMILES string of the molecule is CCC(C)[SiH2][SiH2]C(C)CC. The fourth-order valence-electron chi connectivity index (χ4n) is 0.977. The molecule has 0 radical (unpaired) electrons. The summed E-state index contributed by atoms with van der Waals surface area (Å²) >= 11 is 0. The molecule has 2 heteroatoms. The second-order valence-corrected chi connectivity index (χ2v) is 11.0. The van der Waals surface area contributed by atoms with E-state index in [0.29, 0.717) is 18.1 Å². The van der Waals surface area contributed by atoms with Gasteiger partial charge in [-0.15, -0.1) is 0 Å². The van der Waals surface area contributed by atoms with Crippen molar-refractivity contribution < 1.29 is 0 Å². The zero-order chi connectivity index (χ0) is 7.98. The zero-order valence-electron chi connectivity index (χ0n) is 7.98. The van der Waals surface area contributed by atoms with Crippen molar-refractivity contribution in [3.05, 3.63) is 0 Å². The van der Waals surface area contributed by atoms with Crippen LogP contribution in [0.5, 0.6) is 0 Å². The van der Waals surface area contributed by atoms with Gasteiger partial charge >= 0.3 is 0 Å². The molecular formula is C8H22Si2. The van der Waals surface area contributed by atoms with E-state index in [9.17, 15) is 0 Å². The third kappa shape index (κ3) is 5.24. The van der Waals surface area contributed by atoms with Crippen molar-refractivity contribution in [2.75, 3.05) is 0 Å². The average molecular weight is 174 g/mol. The second kappa shape index (κ2) is 6.16. The van der Waals surface area contributed by atoms with Crippen LogP contribution in [0.25, 0.3) is 0 Å². The number of hydrogen-bond acceptors (Lipinski definition) is 0. The number of rotatable bonds is 5. The maximum Gasteiger partial charge on any atom is 0.0117 e. The second-order valence-electron chi connectivity index (χ2n) is 3.60. The topological polar surface area (TPSA) is 0 Å². The van der Waals surface area contributed by atoms with Gasteiger partial charge in [0.1, 0.15) is 0 Å². The highest BCUT2D eigenvalue weighted by Crippen LogP contribution is 2.10. The molecule has 0 N–H and O–H groups in total. The summed E-state index contributed by atoms with van der Waals surface area (Å²) in [5.41, 5.74) is 2.28. The maximum atomic E-state index is 2.45. The van der Waals surface area contributed by atoms with Gasteiger partial charge in [0.05, 0.1) is 0 Å². The highest BCUT2D eigenvalue weighted by Gasteiger charge is 2.03. The van der Waals surface area contributed by atoms with E-state index in [-0.39, 0.29) is 0 Å². The van der Waals surface area contributed by atoms with Crippen LogP contribution in [0.2, 0.25) is 11.1 Å². The highest BCUT2D eigenvalue weighted by atomic mass is 29.1. The summed E-state index contributed by atoms with van der Waals surface area (Å²) in [4.78, 5) is 0. The molecule has 2 unspecified atom stereocenters. The first-order valence-corrected chi connectivity index (χ1v) is 10.3. The highest BCUT2D eigenvalue weighted by molar-refractivity contribution is 7.01. The molecule has 62 valence electrons. The Morgan fingerprint density at radius 2 is 1.20 bits per heavy atom. The molecule has 0 heterocycles. The Hall–Kier alpha value is 0.434. The molecule has 0 aromatic rings. The minimum atomic E-state index is 0.416. The van der Waals surface area contributed by atoms with Crippen molar-refractivity contribution in [3.8, 4) is 0 Å². The quantitative estimate of drug-likeness (QED) is 0.556. The van der Waals surface area contributed by atoms with Crippen LogP contribution >= 0.6 is 0 Å². The third-order valence-corrected chi connectivity index (χ3v) is 12.9. The molecule has 0 aromatic carbocycles. The summed E-state index contributed by atoms with van der Waals surface area (Å²) in [7, 11) is 0.832. The molecule has 2 atom stereocenters. The van der Waals surface area contributed by atoms with Crippen LogP contribution in [0.1, 0.15) is 40.5 Å². The summed E-state index contributed by atoms with van der Waals surface area (Å²) in [6.07, 6.45) is 2.88. The van der Waals surface area contributed by atoms with E-state index in [1.54, 1.807) is 0 Å². The standard InChI is InChI=1S/C8H22Si2/c1-5-7(3)9-10-8(4)6-2/h7-8H,5-6,9-10H2,1-4H3. The average Bonchev–Trinajstić information content (AvgIpc) is 1.99. The molecule has 0 amide bonds. The monoisotopic (exact) mass is 174 g/mol. The Kier molecular flexibility index (Phi) is 6.43. The lowest BCUT2D eigenvalue weighted by Gasteiger charge is -2.10. The summed E-state index contributed by atoms with van der Waals surface area (Å²) < 4.78 is 0. The zero-order valence-corrected chi connectivity index (χ0v) is 10.8. The Morgan fingerprint density at radius 1 is 0.900 bits per heavy atom. The smallest absolute Gasteiger partial charge is 0.0117 e. The summed E-state index contributed by atoms with van der Waals surface area (Å²) in [6, 6.07) is 0. The van der Waals surface area contributed by atoms with Crippen molar-refractivity contribution in [1.29, 1.82) is 0 Å². The molecule has 0 saturated heterocycles. The van der Waals surface area contributed by atoms with Crippen LogP contribution in [-0.4, -0.2) is 18.1 Å². The van der Waals surface area contributed by atoms with Crippen LogP contribution in [-0.2, 0) is 0 Å². The molecule has 0 aliphatic carbocycles. The van der Waals surface area contributed by atoms with Crippen LogP contribution in [0.15, 0.2) is 0 Å². The summed E-state index contributed by atoms with van der Waals surface area (Å²) in [5.74, 6) is 0. The van der Waals surface area contributed by atoms with Crippen LogP contribution in [0.4, 0.5) is 0 Å². The molecule has 0 rings (SSSR count). The van der Waals surface area contributed by atoms with Crippen LogP contribution in [0, 0.1) is 0 Å². The fraction of sp³-hybridized carbons (Fsp3) is 1.00. The molecule has 0 aromatic heterocycles. The van der Waals surface area contributed by atoms with Crippen molar-refractivity contribution in [2.24, 2.45) is 0 Å². The lowest BCUT2D eigenvalue weighted by Crippen LogP contribution is -2.12. The molecule has 0 aliphatic rings. The van der Waals surface area contributed by atoms with Gasteiger partial charge in [0.25, 0.3) is 0 Å². The largest absolute Gasteiger partial charge is 0.0657 e. The van der Waals surface area contributed by atoms with E-state index in [1.807, 2.05) is 0 Å². The van der Waals surface area contributed by atoms with E-state index < -0.39 is 0 Å². The first-order chi connectivity index (χ1) is 4.70. The molecule has 0 nitrogen and oxygen atoms in total. The van der Waals surface area contributed by atoms with E-state index in [4.69, 9.17) is 0 Å². The Bertz CT molecular complexity index is 63.7. The van der Waals surface area contributed by atoms with Gasteiger partial charge < -0.3 is 0 Å². The van der Waals surface area contributed by atoms with E-state index in [0.717, 1.165) is 11.1 Å². The summed E-state index contributed by atoms with van der Waals surface area (Å²) in [6.45, 7) is 9.56. The fourth-order valence-corrected chi connectivity index (χ4v) is 8.80. The van der Waals surface area contributed by atoms with E-state index >= 15 is 0 Å². The lowest BCUT2D eigenvalue weighted by atomic mass is 10.4. The van der Waals surface area contributed by atoms with Gasteiger partial charge in [0, 0.05) is 18.1 Å². The van der Waals surface area contributed by atoms with Gasteiger partial charge in [-0.05, 0) is 0 Å². The maximum absolute atomic E-state index is 2.45. The van der Waals surface area contributed by atoms with Gasteiger partial charge in [-0.25, -0.2) is 0 Å². The molecule has 10 heavy (non-hydrogen) atoms. The molecule has 0 spiro atoms. The van der Waals surface area contributed by atoms with Gasteiger partial charge in [-0.3, -0.25) is 0 Å². The molecular weight excluding hydrogens is 152 g/mol. The van der Waals surface area contributed by atoms with Crippen molar-refractivity contribution >= 4 is 18.1 Å². The molecule has 0 aliphatic heterocycles.